The van der Waals surface area contributed by atoms with Gasteiger partial charge in [-0.05, 0) is 5.56 Å². The lowest BCUT2D eigenvalue weighted by atomic mass is 10.1. The van der Waals surface area contributed by atoms with E-state index in [0.717, 1.165) is 5.56 Å². The highest BCUT2D eigenvalue weighted by atomic mass is 16.6. The summed E-state index contributed by atoms with van der Waals surface area (Å²) in [4.78, 5) is 9.08. The second-order valence-electron chi connectivity index (χ2n) is 7.11. The molecular formula is C20H26N6O4. The Morgan fingerprint density at radius 3 is 2.73 bits per heavy atom. The number of aromatic nitrogens is 2. The van der Waals surface area contributed by atoms with Gasteiger partial charge in [-0.15, -0.1) is 6.58 Å². The Morgan fingerprint density at radius 1 is 1.23 bits per heavy atom. The number of hydrogen-bond acceptors (Lipinski definition) is 9. The molecule has 0 aliphatic carbocycles. The molecule has 0 unspecified atom stereocenters. The van der Waals surface area contributed by atoms with Crippen LogP contribution in [0.2, 0.25) is 0 Å². The molecule has 0 saturated carbocycles. The summed E-state index contributed by atoms with van der Waals surface area (Å²) >= 11 is 0. The molecule has 1 aromatic carbocycles. The summed E-state index contributed by atoms with van der Waals surface area (Å²) in [5, 5.41) is 35.1. The molecule has 0 radical (unpaired) electrons. The summed E-state index contributed by atoms with van der Waals surface area (Å²) < 4.78 is 7.39. The third kappa shape index (κ3) is 3.83. The van der Waals surface area contributed by atoms with Crippen molar-refractivity contribution < 1.29 is 20.1 Å². The number of aliphatic hydroxyl groups excluding tert-OH is 3. The van der Waals surface area contributed by atoms with Crippen LogP contribution in [0.1, 0.15) is 17.5 Å². The first-order valence-corrected chi connectivity index (χ1v) is 9.78. The zero-order chi connectivity index (χ0) is 21.1. The van der Waals surface area contributed by atoms with Gasteiger partial charge in [0, 0.05) is 13.1 Å². The van der Waals surface area contributed by atoms with E-state index in [1.54, 1.807) is 16.9 Å². The van der Waals surface area contributed by atoms with Crippen LogP contribution < -0.4 is 15.8 Å². The van der Waals surface area contributed by atoms with Crippen LogP contribution >= 0.6 is 0 Å². The third-order valence-corrected chi connectivity index (χ3v) is 5.11. The van der Waals surface area contributed by atoms with Gasteiger partial charge < -0.3 is 25.4 Å². The fraction of sp³-hybridized carbons (Fsp3) is 0.400. The average molecular weight is 414 g/mol. The standard InChI is InChI=1S/C20H26N6O4/c1-2-8-22-20-24-18-14(26(20)19-17(29)16(28)15(11-27)30-19)10-21-12-25(18)23-9-13-6-4-3-5-7-13/h2-7,10,15-17,19,23,27-29H,1,8-9,11-12H2,(H,22,24)/t15-,16-,17-,19-/m1/s1. The van der Waals surface area contributed by atoms with Crippen LogP contribution in [0.4, 0.5) is 11.8 Å². The summed E-state index contributed by atoms with van der Waals surface area (Å²) in [7, 11) is 0. The molecule has 4 rings (SSSR count). The zero-order valence-electron chi connectivity index (χ0n) is 16.4. The van der Waals surface area contributed by atoms with E-state index in [4.69, 9.17) is 4.74 Å². The van der Waals surface area contributed by atoms with Crippen molar-refractivity contribution in [2.24, 2.45) is 4.99 Å². The largest absolute Gasteiger partial charge is 0.394 e. The van der Waals surface area contributed by atoms with Crippen molar-refractivity contribution in [3.63, 3.8) is 0 Å². The monoisotopic (exact) mass is 414 g/mol. The minimum absolute atomic E-state index is 0.369. The molecule has 1 aromatic heterocycles. The Bertz CT molecular complexity index is 902. The number of ether oxygens (including phenoxy) is 1. The number of fused-ring (bicyclic) bond motifs is 1. The topological polar surface area (TPSA) is 127 Å². The number of nitrogens with zero attached hydrogens (tertiary/aromatic N) is 4. The molecule has 0 spiro atoms. The summed E-state index contributed by atoms with van der Waals surface area (Å²) in [6, 6.07) is 9.97. The van der Waals surface area contributed by atoms with Crippen molar-refractivity contribution in [2.45, 2.75) is 31.1 Å². The number of nitrogens with one attached hydrogen (secondary N) is 2. The van der Waals surface area contributed by atoms with Crippen LogP contribution in [-0.4, -0.2) is 69.2 Å². The van der Waals surface area contributed by atoms with E-state index in [-0.39, 0.29) is 0 Å². The highest BCUT2D eigenvalue weighted by molar-refractivity contribution is 5.87. The summed E-state index contributed by atoms with van der Waals surface area (Å²) in [5.41, 5.74) is 5.05. The van der Waals surface area contributed by atoms with Gasteiger partial charge in [0.2, 0.25) is 5.95 Å². The Morgan fingerprint density at radius 2 is 2.03 bits per heavy atom. The smallest absolute Gasteiger partial charge is 0.207 e. The maximum absolute atomic E-state index is 10.5. The molecule has 160 valence electrons. The van der Waals surface area contributed by atoms with Gasteiger partial charge >= 0.3 is 0 Å². The van der Waals surface area contributed by atoms with Gasteiger partial charge in [-0.25, -0.2) is 5.43 Å². The van der Waals surface area contributed by atoms with E-state index in [1.165, 1.54) is 0 Å². The number of hydrogen-bond donors (Lipinski definition) is 5. The molecule has 2 aliphatic heterocycles. The van der Waals surface area contributed by atoms with Crippen LogP contribution in [0.25, 0.3) is 0 Å². The Labute approximate surface area is 174 Å². The molecule has 0 bridgehead atoms. The van der Waals surface area contributed by atoms with Crippen molar-refractivity contribution >= 4 is 18.0 Å². The maximum atomic E-state index is 10.5. The third-order valence-electron chi connectivity index (χ3n) is 5.11. The number of imidazole rings is 1. The van der Waals surface area contributed by atoms with Crippen LogP contribution in [0.5, 0.6) is 0 Å². The molecular weight excluding hydrogens is 388 g/mol. The summed E-state index contributed by atoms with van der Waals surface area (Å²) in [6.07, 6.45) is -0.903. The number of hydrazine groups is 1. The fourth-order valence-corrected chi connectivity index (χ4v) is 3.57. The highest BCUT2D eigenvalue weighted by Crippen LogP contribution is 2.36. The Balaban J connectivity index is 1.65. The first-order chi connectivity index (χ1) is 14.6. The van der Waals surface area contributed by atoms with Crippen molar-refractivity contribution in [3.05, 3.63) is 54.2 Å². The van der Waals surface area contributed by atoms with Gasteiger partial charge in [0.25, 0.3) is 0 Å². The minimum Gasteiger partial charge on any atom is -0.394 e. The second kappa shape index (κ2) is 8.94. The number of anilines is 2. The molecule has 30 heavy (non-hydrogen) atoms. The van der Waals surface area contributed by atoms with Crippen molar-refractivity contribution in [1.82, 2.24) is 15.0 Å². The van der Waals surface area contributed by atoms with Gasteiger partial charge in [-0.1, -0.05) is 36.4 Å². The average Bonchev–Trinajstić information content (AvgIpc) is 3.28. The van der Waals surface area contributed by atoms with Gasteiger partial charge in [-0.3, -0.25) is 14.6 Å². The molecule has 1 saturated heterocycles. The Kier molecular flexibility index (Phi) is 6.11. The summed E-state index contributed by atoms with van der Waals surface area (Å²) in [6.45, 7) is 4.71. The summed E-state index contributed by atoms with van der Waals surface area (Å²) in [5.74, 6) is 1.06. The molecule has 2 aliphatic rings. The van der Waals surface area contributed by atoms with E-state index in [0.29, 0.717) is 37.2 Å². The lowest BCUT2D eigenvalue weighted by Gasteiger charge is -2.26. The molecule has 1 fully saturated rings. The predicted octanol–water partition coefficient (Wildman–Crippen LogP) is -0.00630. The lowest BCUT2D eigenvalue weighted by Crippen LogP contribution is -2.40. The van der Waals surface area contributed by atoms with E-state index in [1.807, 2.05) is 35.3 Å². The molecule has 3 heterocycles. The first-order valence-electron chi connectivity index (χ1n) is 9.78. The molecule has 5 N–H and O–H groups in total. The van der Waals surface area contributed by atoms with Gasteiger partial charge in [0.15, 0.2) is 12.0 Å². The van der Waals surface area contributed by atoms with E-state index >= 15 is 0 Å². The number of aliphatic imine (C=N–C) groups is 1. The van der Waals surface area contributed by atoms with Crippen molar-refractivity contribution in [3.8, 4) is 0 Å². The minimum atomic E-state index is -1.23. The molecule has 10 heteroatoms. The number of rotatable bonds is 8. The van der Waals surface area contributed by atoms with E-state index < -0.39 is 31.1 Å². The van der Waals surface area contributed by atoms with Crippen LogP contribution in [0, 0.1) is 0 Å². The quantitative estimate of drug-likeness (QED) is 0.382. The van der Waals surface area contributed by atoms with Crippen molar-refractivity contribution in [2.75, 3.05) is 30.1 Å². The predicted molar refractivity (Wildman–Crippen MR) is 112 cm³/mol. The molecule has 4 atom stereocenters. The van der Waals surface area contributed by atoms with E-state index in [9.17, 15) is 15.3 Å². The second-order valence-corrected chi connectivity index (χ2v) is 7.11. The normalized spacial score (nSPS) is 25.4. The van der Waals surface area contributed by atoms with Crippen LogP contribution in [0.3, 0.4) is 0 Å². The molecule has 2 aromatic rings. The number of aliphatic hydroxyl groups is 3. The fourth-order valence-electron chi connectivity index (χ4n) is 3.57. The molecule has 10 nitrogen and oxygen atoms in total. The Hall–Kier alpha value is -2.76. The van der Waals surface area contributed by atoms with Crippen LogP contribution in [0.15, 0.2) is 48.0 Å². The highest BCUT2D eigenvalue weighted by Gasteiger charge is 2.45. The first kappa shape index (κ1) is 20.5. The van der Waals surface area contributed by atoms with E-state index in [2.05, 4.69) is 27.3 Å². The van der Waals surface area contributed by atoms with Gasteiger partial charge in [-0.2, -0.15) is 4.98 Å². The maximum Gasteiger partial charge on any atom is 0.207 e. The van der Waals surface area contributed by atoms with Gasteiger partial charge in [0.05, 0.1) is 12.8 Å². The zero-order valence-corrected chi connectivity index (χ0v) is 16.4. The molecule has 0 amide bonds. The van der Waals surface area contributed by atoms with Crippen molar-refractivity contribution in [1.29, 1.82) is 0 Å². The van der Waals surface area contributed by atoms with Crippen LogP contribution in [-0.2, 0) is 11.3 Å². The lowest BCUT2D eigenvalue weighted by molar-refractivity contribution is -0.0519. The number of benzene rings is 1. The van der Waals surface area contributed by atoms with Gasteiger partial charge in [0.1, 0.15) is 30.7 Å². The SMILES string of the molecule is C=CCNc1nc2c(n1[C@@H]1O[C@H](CO)[C@@H](O)[C@H]1O)C=NCN2NCc1ccccc1.